The SMILES string of the molecule is [CH2]c1cccc(Oc2ccc(Cl)cc2)c1. The van der Waals surface area contributed by atoms with Crippen molar-refractivity contribution in [2.24, 2.45) is 0 Å². The van der Waals surface area contributed by atoms with Crippen LogP contribution >= 0.6 is 11.6 Å². The van der Waals surface area contributed by atoms with Crippen LogP contribution in [0.15, 0.2) is 48.5 Å². The van der Waals surface area contributed by atoms with Gasteiger partial charge in [-0.1, -0.05) is 23.7 Å². The van der Waals surface area contributed by atoms with Gasteiger partial charge >= 0.3 is 0 Å². The van der Waals surface area contributed by atoms with Crippen molar-refractivity contribution in [3.05, 3.63) is 66.0 Å². The minimum atomic E-state index is 0.702. The zero-order chi connectivity index (χ0) is 10.7. The van der Waals surface area contributed by atoms with Crippen LogP contribution in [-0.2, 0) is 0 Å². The van der Waals surface area contributed by atoms with Gasteiger partial charge in [0, 0.05) is 5.02 Å². The largest absolute Gasteiger partial charge is 0.457 e. The van der Waals surface area contributed by atoms with Crippen LogP contribution in [0.25, 0.3) is 0 Å². The van der Waals surface area contributed by atoms with E-state index in [-0.39, 0.29) is 0 Å². The standard InChI is InChI=1S/C13H10ClO/c1-10-3-2-4-13(9-10)15-12-7-5-11(14)6-8-12/h2-9H,1H2. The maximum absolute atomic E-state index is 5.77. The topological polar surface area (TPSA) is 9.23 Å². The lowest BCUT2D eigenvalue weighted by atomic mass is 10.2. The second kappa shape index (κ2) is 4.37. The highest BCUT2D eigenvalue weighted by Gasteiger charge is 1.96. The number of hydrogen-bond donors (Lipinski definition) is 0. The van der Waals surface area contributed by atoms with E-state index in [0.29, 0.717) is 5.02 Å². The van der Waals surface area contributed by atoms with Gasteiger partial charge in [0.05, 0.1) is 0 Å². The molecule has 0 saturated heterocycles. The van der Waals surface area contributed by atoms with E-state index in [0.717, 1.165) is 17.1 Å². The molecule has 0 saturated carbocycles. The third-order valence-electron chi connectivity index (χ3n) is 1.95. The van der Waals surface area contributed by atoms with Gasteiger partial charge in [0.2, 0.25) is 0 Å². The molecule has 1 radical (unpaired) electrons. The second-order valence-corrected chi connectivity index (χ2v) is 3.64. The van der Waals surface area contributed by atoms with Gasteiger partial charge in [-0.25, -0.2) is 0 Å². The van der Waals surface area contributed by atoms with Gasteiger partial charge in [-0.3, -0.25) is 0 Å². The first-order chi connectivity index (χ1) is 7.24. The summed E-state index contributed by atoms with van der Waals surface area (Å²) in [5, 5.41) is 0.702. The Morgan fingerprint density at radius 3 is 2.33 bits per heavy atom. The van der Waals surface area contributed by atoms with Gasteiger partial charge in [-0.2, -0.15) is 0 Å². The average molecular weight is 218 g/mol. The number of rotatable bonds is 2. The van der Waals surface area contributed by atoms with E-state index < -0.39 is 0 Å². The maximum atomic E-state index is 5.77. The average Bonchev–Trinajstić information content (AvgIpc) is 2.22. The monoisotopic (exact) mass is 217 g/mol. The van der Waals surface area contributed by atoms with Crippen molar-refractivity contribution in [2.75, 3.05) is 0 Å². The van der Waals surface area contributed by atoms with Crippen LogP contribution in [0.1, 0.15) is 5.56 Å². The first kappa shape index (κ1) is 10.1. The van der Waals surface area contributed by atoms with E-state index in [9.17, 15) is 0 Å². The van der Waals surface area contributed by atoms with Gasteiger partial charge < -0.3 is 4.74 Å². The van der Waals surface area contributed by atoms with E-state index in [4.69, 9.17) is 16.3 Å². The minimum absolute atomic E-state index is 0.702. The highest BCUT2D eigenvalue weighted by atomic mass is 35.5. The summed E-state index contributed by atoms with van der Waals surface area (Å²) in [5.41, 5.74) is 0.932. The fourth-order valence-corrected chi connectivity index (χ4v) is 1.37. The fraction of sp³-hybridized carbons (Fsp3) is 0. The zero-order valence-corrected chi connectivity index (χ0v) is 8.87. The molecule has 0 aliphatic carbocycles. The molecule has 2 aromatic carbocycles. The number of benzene rings is 2. The van der Waals surface area contributed by atoms with Crippen LogP contribution in [-0.4, -0.2) is 0 Å². The molecule has 2 rings (SSSR count). The Morgan fingerprint density at radius 1 is 0.933 bits per heavy atom. The number of halogens is 1. The van der Waals surface area contributed by atoms with Crippen molar-refractivity contribution in [3.8, 4) is 11.5 Å². The van der Waals surface area contributed by atoms with Crippen LogP contribution in [0.2, 0.25) is 5.02 Å². The van der Waals surface area contributed by atoms with E-state index in [1.165, 1.54) is 0 Å². The quantitative estimate of drug-likeness (QED) is 0.728. The number of ether oxygens (including phenoxy) is 1. The predicted octanol–water partition coefficient (Wildman–Crippen LogP) is 4.31. The van der Waals surface area contributed by atoms with Crippen molar-refractivity contribution < 1.29 is 4.74 Å². The second-order valence-electron chi connectivity index (χ2n) is 3.20. The van der Waals surface area contributed by atoms with Crippen LogP contribution in [0.5, 0.6) is 11.5 Å². The first-order valence-electron chi connectivity index (χ1n) is 4.59. The molecule has 0 heterocycles. The van der Waals surface area contributed by atoms with E-state index in [1.54, 1.807) is 12.1 Å². The van der Waals surface area contributed by atoms with Gasteiger partial charge in [0.15, 0.2) is 0 Å². The molecule has 0 bridgehead atoms. The lowest BCUT2D eigenvalue weighted by Crippen LogP contribution is -1.83. The van der Waals surface area contributed by atoms with Crippen molar-refractivity contribution in [1.82, 2.24) is 0 Å². The molecule has 15 heavy (non-hydrogen) atoms. The molecule has 0 aliphatic heterocycles. The molecular formula is C13H10ClO. The van der Waals surface area contributed by atoms with Crippen LogP contribution in [0.4, 0.5) is 0 Å². The fourth-order valence-electron chi connectivity index (χ4n) is 1.25. The Bertz CT molecular complexity index is 448. The van der Waals surface area contributed by atoms with E-state index in [1.807, 2.05) is 36.4 Å². The smallest absolute Gasteiger partial charge is 0.127 e. The summed E-state index contributed by atoms with van der Waals surface area (Å²) in [5.74, 6) is 1.55. The Kier molecular flexibility index (Phi) is 2.93. The highest BCUT2D eigenvalue weighted by Crippen LogP contribution is 2.23. The van der Waals surface area contributed by atoms with Crippen molar-refractivity contribution in [3.63, 3.8) is 0 Å². The summed E-state index contributed by atoms with van der Waals surface area (Å²) >= 11 is 5.77. The van der Waals surface area contributed by atoms with E-state index in [2.05, 4.69) is 6.92 Å². The highest BCUT2D eigenvalue weighted by molar-refractivity contribution is 6.30. The molecule has 75 valence electrons. The molecular weight excluding hydrogens is 208 g/mol. The molecule has 1 nitrogen and oxygen atoms in total. The molecule has 0 aromatic heterocycles. The van der Waals surface area contributed by atoms with Crippen LogP contribution in [0, 0.1) is 6.92 Å². The summed E-state index contributed by atoms with van der Waals surface area (Å²) in [7, 11) is 0. The lowest BCUT2D eigenvalue weighted by Gasteiger charge is -2.05. The predicted molar refractivity (Wildman–Crippen MR) is 62.4 cm³/mol. The summed E-state index contributed by atoms with van der Waals surface area (Å²) in [4.78, 5) is 0. The zero-order valence-electron chi connectivity index (χ0n) is 8.11. The number of hydrogen-bond acceptors (Lipinski definition) is 1. The molecule has 0 spiro atoms. The maximum Gasteiger partial charge on any atom is 0.127 e. The van der Waals surface area contributed by atoms with Crippen molar-refractivity contribution in [1.29, 1.82) is 0 Å². The van der Waals surface area contributed by atoms with Crippen molar-refractivity contribution >= 4 is 11.6 Å². The Hall–Kier alpha value is -1.47. The molecule has 0 N–H and O–H groups in total. The summed E-state index contributed by atoms with van der Waals surface area (Å²) < 4.78 is 5.62. The molecule has 0 atom stereocenters. The first-order valence-corrected chi connectivity index (χ1v) is 4.97. The third-order valence-corrected chi connectivity index (χ3v) is 2.20. The molecule has 0 amide bonds. The Labute approximate surface area is 94.3 Å². The third kappa shape index (κ3) is 2.74. The molecule has 0 aliphatic rings. The van der Waals surface area contributed by atoms with Gasteiger partial charge in [0.1, 0.15) is 11.5 Å². The van der Waals surface area contributed by atoms with E-state index >= 15 is 0 Å². The molecule has 0 fully saturated rings. The summed E-state index contributed by atoms with van der Waals surface area (Å²) in [6.45, 7) is 3.84. The van der Waals surface area contributed by atoms with Gasteiger partial charge in [-0.15, -0.1) is 0 Å². The molecule has 2 aromatic rings. The van der Waals surface area contributed by atoms with Gasteiger partial charge in [-0.05, 0) is 48.9 Å². The lowest BCUT2D eigenvalue weighted by molar-refractivity contribution is 0.482. The van der Waals surface area contributed by atoms with Crippen LogP contribution < -0.4 is 4.74 Å². The summed E-state index contributed by atoms with van der Waals surface area (Å²) in [6.07, 6.45) is 0. The van der Waals surface area contributed by atoms with Gasteiger partial charge in [0.25, 0.3) is 0 Å². The Morgan fingerprint density at radius 2 is 1.67 bits per heavy atom. The van der Waals surface area contributed by atoms with Crippen LogP contribution in [0.3, 0.4) is 0 Å². The normalized spacial score (nSPS) is 10.0. The minimum Gasteiger partial charge on any atom is -0.457 e. The Balaban J connectivity index is 2.18. The molecule has 0 unspecified atom stereocenters. The summed E-state index contributed by atoms with van der Waals surface area (Å²) in [6, 6.07) is 14.9. The van der Waals surface area contributed by atoms with Crippen molar-refractivity contribution in [2.45, 2.75) is 0 Å². The molecule has 2 heteroatoms.